The SMILES string of the molecule is Cc1ncc(C(=O)O)cc1C(F)F. The molecule has 0 aromatic carbocycles. The summed E-state index contributed by atoms with van der Waals surface area (Å²) in [5, 5.41) is 8.50. The van der Waals surface area contributed by atoms with Gasteiger partial charge < -0.3 is 5.11 Å². The summed E-state index contributed by atoms with van der Waals surface area (Å²) < 4.78 is 24.5. The summed E-state index contributed by atoms with van der Waals surface area (Å²) in [6, 6.07) is 0.940. The van der Waals surface area contributed by atoms with Crippen molar-refractivity contribution in [3.8, 4) is 0 Å². The van der Waals surface area contributed by atoms with E-state index in [-0.39, 0.29) is 16.8 Å². The summed E-state index contributed by atoms with van der Waals surface area (Å²) in [7, 11) is 0. The van der Waals surface area contributed by atoms with Crippen LogP contribution in [0.1, 0.15) is 28.0 Å². The molecule has 1 aromatic rings. The van der Waals surface area contributed by atoms with E-state index in [0.29, 0.717) is 0 Å². The maximum Gasteiger partial charge on any atom is 0.337 e. The Hall–Kier alpha value is -1.52. The number of halogens is 2. The summed E-state index contributed by atoms with van der Waals surface area (Å²) >= 11 is 0. The van der Waals surface area contributed by atoms with Gasteiger partial charge in [0.1, 0.15) is 0 Å². The third-order valence-electron chi connectivity index (χ3n) is 1.61. The number of carboxylic acids is 1. The van der Waals surface area contributed by atoms with E-state index < -0.39 is 12.4 Å². The molecule has 0 spiro atoms. The number of aromatic nitrogens is 1. The maximum atomic E-state index is 12.2. The molecule has 0 atom stereocenters. The number of alkyl halides is 2. The van der Waals surface area contributed by atoms with E-state index in [2.05, 4.69) is 4.98 Å². The van der Waals surface area contributed by atoms with Gasteiger partial charge in [0.25, 0.3) is 6.43 Å². The molecule has 3 nitrogen and oxygen atoms in total. The van der Waals surface area contributed by atoms with Gasteiger partial charge in [-0.3, -0.25) is 4.98 Å². The van der Waals surface area contributed by atoms with Crippen molar-refractivity contribution in [3.05, 3.63) is 29.1 Å². The molecule has 70 valence electrons. The van der Waals surface area contributed by atoms with Crippen LogP contribution >= 0.6 is 0 Å². The topological polar surface area (TPSA) is 50.2 Å². The molecule has 0 aliphatic heterocycles. The number of rotatable bonds is 2. The van der Waals surface area contributed by atoms with Crippen LogP contribution in [0.3, 0.4) is 0 Å². The van der Waals surface area contributed by atoms with Crippen LogP contribution in [-0.2, 0) is 0 Å². The number of hydrogen-bond acceptors (Lipinski definition) is 2. The van der Waals surface area contributed by atoms with Crippen LogP contribution in [0.25, 0.3) is 0 Å². The van der Waals surface area contributed by atoms with Crippen LogP contribution in [0.2, 0.25) is 0 Å². The Morgan fingerprint density at radius 1 is 1.62 bits per heavy atom. The van der Waals surface area contributed by atoms with Crippen LogP contribution in [-0.4, -0.2) is 16.1 Å². The average Bonchev–Trinajstić information content (AvgIpc) is 2.04. The first-order chi connectivity index (χ1) is 6.02. The van der Waals surface area contributed by atoms with Crippen molar-refractivity contribution in [3.63, 3.8) is 0 Å². The van der Waals surface area contributed by atoms with Gasteiger partial charge in [0, 0.05) is 17.5 Å². The number of hydrogen-bond donors (Lipinski definition) is 1. The second-order valence-corrected chi connectivity index (χ2v) is 2.50. The van der Waals surface area contributed by atoms with E-state index in [1.165, 1.54) is 6.92 Å². The molecule has 0 saturated heterocycles. The number of nitrogens with zero attached hydrogens (tertiary/aromatic N) is 1. The zero-order valence-corrected chi connectivity index (χ0v) is 6.79. The molecule has 1 N–H and O–H groups in total. The molecule has 13 heavy (non-hydrogen) atoms. The lowest BCUT2D eigenvalue weighted by Gasteiger charge is -2.03. The second kappa shape index (κ2) is 3.47. The Kier molecular flexibility index (Phi) is 2.55. The summed E-state index contributed by atoms with van der Waals surface area (Å²) in [6.07, 6.45) is -1.63. The molecule has 0 aliphatic rings. The third-order valence-corrected chi connectivity index (χ3v) is 1.61. The zero-order chi connectivity index (χ0) is 10.0. The van der Waals surface area contributed by atoms with Crippen LogP contribution < -0.4 is 0 Å². The number of pyridine rings is 1. The van der Waals surface area contributed by atoms with E-state index in [9.17, 15) is 13.6 Å². The predicted octanol–water partition coefficient (Wildman–Crippen LogP) is 2.03. The minimum atomic E-state index is -2.69. The molecule has 0 amide bonds. The molecular weight excluding hydrogens is 180 g/mol. The molecular formula is C8H7F2NO2. The summed E-state index contributed by atoms with van der Waals surface area (Å²) in [4.78, 5) is 14.0. The van der Waals surface area contributed by atoms with Gasteiger partial charge in [-0.15, -0.1) is 0 Å². The highest BCUT2D eigenvalue weighted by atomic mass is 19.3. The molecule has 0 saturated carbocycles. The lowest BCUT2D eigenvalue weighted by Crippen LogP contribution is -2.01. The van der Waals surface area contributed by atoms with Crippen LogP contribution in [0.15, 0.2) is 12.3 Å². The van der Waals surface area contributed by atoms with Crippen molar-refractivity contribution in [1.29, 1.82) is 0 Å². The molecule has 0 radical (unpaired) electrons. The molecule has 1 heterocycles. The van der Waals surface area contributed by atoms with Crippen molar-refractivity contribution >= 4 is 5.97 Å². The lowest BCUT2D eigenvalue weighted by atomic mass is 10.1. The Bertz CT molecular complexity index is 339. The van der Waals surface area contributed by atoms with Crippen LogP contribution in [0, 0.1) is 6.92 Å². The van der Waals surface area contributed by atoms with Gasteiger partial charge >= 0.3 is 5.97 Å². The zero-order valence-electron chi connectivity index (χ0n) is 6.79. The number of aromatic carboxylic acids is 1. The van der Waals surface area contributed by atoms with E-state index >= 15 is 0 Å². The molecule has 1 aromatic heterocycles. The number of aryl methyl sites for hydroxylation is 1. The molecule has 1 rings (SSSR count). The summed E-state index contributed by atoms with van der Waals surface area (Å²) in [6.45, 7) is 1.41. The molecule has 0 fully saturated rings. The monoisotopic (exact) mass is 187 g/mol. The highest BCUT2D eigenvalue weighted by Gasteiger charge is 2.14. The summed E-state index contributed by atoms with van der Waals surface area (Å²) in [5.74, 6) is -1.26. The smallest absolute Gasteiger partial charge is 0.337 e. The van der Waals surface area contributed by atoms with Gasteiger partial charge in [-0.2, -0.15) is 0 Å². The van der Waals surface area contributed by atoms with Gasteiger partial charge in [0.2, 0.25) is 0 Å². The first-order valence-electron chi connectivity index (χ1n) is 3.50. The Balaban J connectivity index is 3.19. The van der Waals surface area contributed by atoms with Crippen molar-refractivity contribution in [2.75, 3.05) is 0 Å². The normalized spacial score (nSPS) is 10.5. The molecule has 0 bridgehead atoms. The number of carbonyl (C=O) groups is 1. The molecule has 0 unspecified atom stereocenters. The van der Waals surface area contributed by atoms with Gasteiger partial charge in [0.15, 0.2) is 0 Å². The van der Waals surface area contributed by atoms with E-state index in [4.69, 9.17) is 5.11 Å². The minimum Gasteiger partial charge on any atom is -0.478 e. The van der Waals surface area contributed by atoms with Crippen LogP contribution in [0.5, 0.6) is 0 Å². The fourth-order valence-corrected chi connectivity index (χ4v) is 0.888. The Labute approximate surface area is 73.0 Å². The van der Waals surface area contributed by atoms with E-state index in [1.54, 1.807) is 0 Å². The van der Waals surface area contributed by atoms with Crippen molar-refractivity contribution in [1.82, 2.24) is 4.98 Å². The quantitative estimate of drug-likeness (QED) is 0.770. The van der Waals surface area contributed by atoms with Gasteiger partial charge in [-0.1, -0.05) is 0 Å². The first kappa shape index (κ1) is 9.57. The van der Waals surface area contributed by atoms with Crippen molar-refractivity contribution in [2.24, 2.45) is 0 Å². The predicted molar refractivity (Wildman–Crippen MR) is 40.9 cm³/mol. The highest BCUT2D eigenvalue weighted by Crippen LogP contribution is 2.21. The van der Waals surface area contributed by atoms with Gasteiger partial charge in [-0.05, 0) is 13.0 Å². The minimum absolute atomic E-state index is 0.153. The average molecular weight is 187 g/mol. The Morgan fingerprint density at radius 2 is 2.23 bits per heavy atom. The fourth-order valence-electron chi connectivity index (χ4n) is 0.888. The van der Waals surface area contributed by atoms with Gasteiger partial charge in [0.05, 0.1) is 5.56 Å². The first-order valence-corrected chi connectivity index (χ1v) is 3.50. The summed E-state index contributed by atoms with van der Waals surface area (Å²) in [5.41, 5.74) is -0.402. The van der Waals surface area contributed by atoms with Crippen LogP contribution in [0.4, 0.5) is 8.78 Å². The third kappa shape index (κ3) is 1.99. The second-order valence-electron chi connectivity index (χ2n) is 2.50. The highest BCUT2D eigenvalue weighted by molar-refractivity contribution is 5.87. The van der Waals surface area contributed by atoms with E-state index in [1.807, 2.05) is 0 Å². The molecule has 5 heteroatoms. The number of carboxylic acid groups (broad SMARTS) is 1. The van der Waals surface area contributed by atoms with Crippen molar-refractivity contribution < 1.29 is 18.7 Å². The maximum absolute atomic E-state index is 12.2. The van der Waals surface area contributed by atoms with Gasteiger partial charge in [-0.25, -0.2) is 13.6 Å². The lowest BCUT2D eigenvalue weighted by molar-refractivity contribution is 0.0696. The molecule has 0 aliphatic carbocycles. The fraction of sp³-hybridized carbons (Fsp3) is 0.250. The van der Waals surface area contributed by atoms with E-state index in [0.717, 1.165) is 12.3 Å². The van der Waals surface area contributed by atoms with Crippen molar-refractivity contribution in [2.45, 2.75) is 13.3 Å². The Morgan fingerprint density at radius 3 is 2.69 bits per heavy atom. The standard InChI is InChI=1S/C8H7F2NO2/c1-4-6(7(9)10)2-5(3-11-4)8(12)13/h2-3,7H,1H3,(H,12,13). The largest absolute Gasteiger partial charge is 0.478 e.